The first-order valence-electron chi connectivity index (χ1n) is 8.91. The maximum absolute atomic E-state index is 9.47. The molecule has 0 N–H and O–H groups in total. The van der Waals surface area contributed by atoms with E-state index in [1.807, 2.05) is 19.1 Å². The van der Waals surface area contributed by atoms with E-state index < -0.39 is 0 Å². The van der Waals surface area contributed by atoms with Crippen molar-refractivity contribution < 1.29 is 4.42 Å². The van der Waals surface area contributed by atoms with Crippen LogP contribution in [0.25, 0.3) is 11.5 Å². The third-order valence-electron chi connectivity index (χ3n) is 4.33. The number of nitriles is 1. The third kappa shape index (κ3) is 4.99. The number of benzene rings is 2. The van der Waals surface area contributed by atoms with Gasteiger partial charge in [-0.2, -0.15) is 5.26 Å². The normalized spacial score (nSPS) is 12.6. The summed E-state index contributed by atoms with van der Waals surface area (Å²) in [6.45, 7) is 8.59. The summed E-state index contributed by atoms with van der Waals surface area (Å²) < 4.78 is 5.77. The van der Waals surface area contributed by atoms with E-state index in [0.717, 1.165) is 11.1 Å². The third-order valence-corrected chi connectivity index (χ3v) is 5.26. The van der Waals surface area contributed by atoms with Gasteiger partial charge in [0.05, 0.1) is 6.07 Å². The van der Waals surface area contributed by atoms with Crippen LogP contribution in [0.1, 0.15) is 37.5 Å². The first kappa shape index (κ1) is 19.2. The first-order chi connectivity index (χ1) is 12.8. The van der Waals surface area contributed by atoms with Crippen LogP contribution in [0, 0.1) is 18.3 Å². The SMILES string of the molecule is Cc1ccc(C[C@H](C#N)Sc2nnc(-c3ccc(C(C)(C)C)cc3)o2)cc1. The molecule has 0 radical (unpaired) electrons. The van der Waals surface area contributed by atoms with Crippen LogP contribution in [0.4, 0.5) is 0 Å². The van der Waals surface area contributed by atoms with Crippen molar-refractivity contribution in [1.29, 1.82) is 5.26 Å². The highest BCUT2D eigenvalue weighted by Gasteiger charge is 2.17. The van der Waals surface area contributed by atoms with Gasteiger partial charge in [0.15, 0.2) is 0 Å². The van der Waals surface area contributed by atoms with Crippen molar-refractivity contribution in [2.45, 2.75) is 50.0 Å². The lowest BCUT2D eigenvalue weighted by atomic mass is 9.87. The number of nitrogens with zero attached hydrogens (tertiary/aromatic N) is 3. The zero-order valence-corrected chi connectivity index (χ0v) is 16.9. The molecule has 0 saturated carbocycles. The molecule has 2 aromatic carbocycles. The topological polar surface area (TPSA) is 62.7 Å². The van der Waals surface area contributed by atoms with Gasteiger partial charge in [-0.05, 0) is 53.8 Å². The van der Waals surface area contributed by atoms with E-state index in [9.17, 15) is 5.26 Å². The summed E-state index contributed by atoms with van der Waals surface area (Å²) in [6.07, 6.45) is 0.638. The Kier molecular flexibility index (Phi) is 5.67. The molecule has 3 rings (SSSR count). The molecule has 1 atom stereocenters. The van der Waals surface area contributed by atoms with Crippen molar-refractivity contribution in [2.24, 2.45) is 0 Å². The van der Waals surface area contributed by atoms with Crippen molar-refractivity contribution >= 4 is 11.8 Å². The highest BCUT2D eigenvalue weighted by Crippen LogP contribution is 2.29. The van der Waals surface area contributed by atoms with Crippen molar-refractivity contribution in [1.82, 2.24) is 10.2 Å². The van der Waals surface area contributed by atoms with Gasteiger partial charge in [0, 0.05) is 5.56 Å². The van der Waals surface area contributed by atoms with Crippen LogP contribution in [-0.2, 0) is 11.8 Å². The fraction of sp³-hybridized carbons (Fsp3) is 0.318. The molecule has 3 aromatic rings. The van der Waals surface area contributed by atoms with Crippen molar-refractivity contribution in [3.63, 3.8) is 0 Å². The van der Waals surface area contributed by atoms with Crippen LogP contribution in [0.5, 0.6) is 0 Å². The Balaban J connectivity index is 1.69. The zero-order chi connectivity index (χ0) is 19.4. The predicted molar refractivity (Wildman–Crippen MR) is 109 cm³/mol. The molecule has 1 heterocycles. The molecule has 5 heteroatoms. The van der Waals surface area contributed by atoms with Crippen LogP contribution in [0.15, 0.2) is 58.2 Å². The van der Waals surface area contributed by atoms with Gasteiger partial charge in [0.2, 0.25) is 5.89 Å². The summed E-state index contributed by atoms with van der Waals surface area (Å²) in [6, 6.07) is 18.7. The Morgan fingerprint density at radius 2 is 1.70 bits per heavy atom. The highest BCUT2D eigenvalue weighted by molar-refractivity contribution is 7.99. The number of aromatic nitrogens is 2. The average Bonchev–Trinajstić information content (AvgIpc) is 3.11. The second-order valence-corrected chi connectivity index (χ2v) is 8.78. The molecule has 0 aliphatic carbocycles. The van der Waals surface area contributed by atoms with Gasteiger partial charge in [0.1, 0.15) is 5.25 Å². The quantitative estimate of drug-likeness (QED) is 0.544. The minimum atomic E-state index is -0.274. The summed E-state index contributed by atoms with van der Waals surface area (Å²) in [5.41, 5.74) is 4.57. The van der Waals surface area contributed by atoms with E-state index in [1.165, 1.54) is 22.9 Å². The van der Waals surface area contributed by atoms with Gasteiger partial charge < -0.3 is 4.42 Å². The Morgan fingerprint density at radius 1 is 1.04 bits per heavy atom. The molecule has 0 saturated heterocycles. The van der Waals surface area contributed by atoms with Gasteiger partial charge in [-0.1, -0.05) is 62.7 Å². The van der Waals surface area contributed by atoms with Gasteiger partial charge in [-0.3, -0.25) is 0 Å². The van der Waals surface area contributed by atoms with Gasteiger partial charge in [-0.15, -0.1) is 10.2 Å². The first-order valence-corrected chi connectivity index (χ1v) is 9.79. The molecule has 1 aromatic heterocycles. The van der Waals surface area contributed by atoms with Crippen LogP contribution >= 0.6 is 11.8 Å². The number of hydrogen-bond donors (Lipinski definition) is 0. The maximum Gasteiger partial charge on any atom is 0.278 e. The molecule has 0 fully saturated rings. The zero-order valence-electron chi connectivity index (χ0n) is 16.1. The second kappa shape index (κ2) is 7.98. The van der Waals surface area contributed by atoms with Crippen LogP contribution in [-0.4, -0.2) is 15.4 Å². The lowest BCUT2D eigenvalue weighted by Gasteiger charge is -2.18. The largest absolute Gasteiger partial charge is 0.411 e. The van der Waals surface area contributed by atoms with E-state index in [-0.39, 0.29) is 10.7 Å². The van der Waals surface area contributed by atoms with Crippen LogP contribution < -0.4 is 0 Å². The molecule has 27 heavy (non-hydrogen) atoms. The summed E-state index contributed by atoms with van der Waals surface area (Å²) in [7, 11) is 0. The van der Waals surface area contributed by atoms with Crippen molar-refractivity contribution in [2.75, 3.05) is 0 Å². The minimum absolute atomic E-state index is 0.102. The molecule has 0 aliphatic heterocycles. The van der Waals surface area contributed by atoms with E-state index in [4.69, 9.17) is 4.42 Å². The highest BCUT2D eigenvalue weighted by atomic mass is 32.2. The fourth-order valence-corrected chi connectivity index (χ4v) is 3.45. The summed E-state index contributed by atoms with van der Waals surface area (Å²) >= 11 is 1.31. The maximum atomic E-state index is 9.47. The Labute approximate surface area is 164 Å². The number of thioether (sulfide) groups is 1. The molecule has 4 nitrogen and oxygen atoms in total. The summed E-state index contributed by atoms with van der Waals surface area (Å²) in [5.74, 6) is 0.477. The van der Waals surface area contributed by atoms with E-state index in [0.29, 0.717) is 17.5 Å². The van der Waals surface area contributed by atoms with Gasteiger partial charge >= 0.3 is 0 Å². The van der Waals surface area contributed by atoms with Gasteiger partial charge in [0.25, 0.3) is 5.22 Å². The monoisotopic (exact) mass is 377 g/mol. The Morgan fingerprint density at radius 3 is 2.30 bits per heavy atom. The average molecular weight is 378 g/mol. The molecular weight excluding hydrogens is 354 g/mol. The van der Waals surface area contributed by atoms with E-state index in [2.05, 4.69) is 73.4 Å². The molecule has 0 bridgehead atoms. The van der Waals surface area contributed by atoms with Crippen molar-refractivity contribution in [3.05, 3.63) is 65.2 Å². The number of rotatable bonds is 5. The number of aryl methyl sites for hydroxylation is 1. The van der Waals surface area contributed by atoms with E-state index in [1.54, 1.807) is 0 Å². The molecular formula is C22H23N3OS. The minimum Gasteiger partial charge on any atom is -0.411 e. The smallest absolute Gasteiger partial charge is 0.278 e. The Hall–Kier alpha value is -2.58. The molecule has 0 amide bonds. The molecule has 0 aliphatic rings. The fourth-order valence-electron chi connectivity index (χ4n) is 2.66. The standard InChI is InChI=1S/C22H23N3OS/c1-15-5-7-16(8-6-15)13-19(14-23)27-21-25-24-20(26-21)17-9-11-18(12-10-17)22(2,3)4/h5-12,19H,13H2,1-4H3/t19-/m1/s1. The van der Waals surface area contributed by atoms with Crippen LogP contribution in [0.2, 0.25) is 0 Å². The summed E-state index contributed by atoms with van der Waals surface area (Å²) in [5, 5.41) is 17.9. The van der Waals surface area contributed by atoms with E-state index >= 15 is 0 Å². The lowest BCUT2D eigenvalue weighted by Crippen LogP contribution is -2.10. The molecule has 0 unspecified atom stereocenters. The van der Waals surface area contributed by atoms with Crippen molar-refractivity contribution in [3.8, 4) is 17.5 Å². The second-order valence-electron chi connectivity index (χ2n) is 7.63. The predicted octanol–water partition coefficient (Wildman–Crippen LogP) is 5.57. The lowest BCUT2D eigenvalue weighted by molar-refractivity contribution is 0.465. The number of hydrogen-bond acceptors (Lipinski definition) is 5. The van der Waals surface area contributed by atoms with Gasteiger partial charge in [-0.25, -0.2) is 0 Å². The Bertz CT molecular complexity index is 931. The molecule has 0 spiro atoms. The van der Waals surface area contributed by atoms with Crippen LogP contribution in [0.3, 0.4) is 0 Å². The summed E-state index contributed by atoms with van der Waals surface area (Å²) in [4.78, 5) is 0. The molecule has 138 valence electrons.